The fourth-order valence-electron chi connectivity index (χ4n) is 2.90. The quantitative estimate of drug-likeness (QED) is 0.427. The van der Waals surface area contributed by atoms with E-state index in [0.717, 1.165) is 17.0 Å². The molecule has 2 N–H and O–H groups in total. The Kier molecular flexibility index (Phi) is 5.32. The molecule has 4 rings (SSSR count). The van der Waals surface area contributed by atoms with Crippen LogP contribution in [-0.4, -0.2) is 15.9 Å². The highest BCUT2D eigenvalue weighted by Gasteiger charge is 2.32. The number of pyridine rings is 2. The number of benzene rings is 1. The molecule has 4 aromatic rings. The van der Waals surface area contributed by atoms with E-state index in [4.69, 9.17) is 10.5 Å². The minimum atomic E-state index is -4.52. The lowest BCUT2D eigenvalue weighted by Crippen LogP contribution is -2.13. The second-order valence-electron chi connectivity index (χ2n) is 6.52. The minimum absolute atomic E-state index is 0.0584. The summed E-state index contributed by atoms with van der Waals surface area (Å²) in [5.41, 5.74) is 6.29. The van der Waals surface area contributed by atoms with E-state index in [9.17, 15) is 22.4 Å². The number of nitrogens with two attached hydrogens (primary N) is 1. The van der Waals surface area contributed by atoms with Crippen LogP contribution in [0.15, 0.2) is 54.7 Å². The molecule has 0 aliphatic heterocycles. The van der Waals surface area contributed by atoms with Gasteiger partial charge in [-0.25, -0.2) is 14.4 Å². The number of rotatable bonds is 5. The van der Waals surface area contributed by atoms with Gasteiger partial charge in [-0.15, -0.1) is 11.3 Å². The molecule has 3 heterocycles. The zero-order valence-corrected chi connectivity index (χ0v) is 16.4. The van der Waals surface area contributed by atoms with Gasteiger partial charge >= 0.3 is 6.18 Å². The molecule has 1 amide bonds. The Morgan fingerprint density at radius 2 is 1.84 bits per heavy atom. The van der Waals surface area contributed by atoms with Crippen LogP contribution < -0.4 is 10.5 Å². The molecule has 0 unspecified atom stereocenters. The van der Waals surface area contributed by atoms with Gasteiger partial charge in [0.05, 0.1) is 16.4 Å². The van der Waals surface area contributed by atoms with Gasteiger partial charge in [-0.05, 0) is 42.0 Å². The molecular weight excluding hydrogens is 434 g/mol. The van der Waals surface area contributed by atoms with Gasteiger partial charge in [-0.1, -0.05) is 12.1 Å². The first-order valence-electron chi connectivity index (χ1n) is 8.86. The summed E-state index contributed by atoms with van der Waals surface area (Å²) < 4.78 is 57.4. The zero-order valence-electron chi connectivity index (χ0n) is 15.6. The lowest BCUT2D eigenvalue weighted by Gasteiger charge is -2.07. The van der Waals surface area contributed by atoms with Gasteiger partial charge in [-0.2, -0.15) is 13.2 Å². The SMILES string of the molecule is NC(=O)c1cc(-c2ccc(F)cc2)c2sc(COc3ccc(C(F)(F)F)nc3)cc2n1. The maximum Gasteiger partial charge on any atom is 0.433 e. The predicted molar refractivity (Wildman–Crippen MR) is 107 cm³/mol. The van der Waals surface area contributed by atoms with Crippen molar-refractivity contribution in [2.24, 2.45) is 5.73 Å². The van der Waals surface area contributed by atoms with Gasteiger partial charge in [0.2, 0.25) is 0 Å². The van der Waals surface area contributed by atoms with Gasteiger partial charge in [0.1, 0.15) is 29.6 Å². The fourth-order valence-corrected chi connectivity index (χ4v) is 3.95. The van der Waals surface area contributed by atoms with Crippen molar-refractivity contribution in [3.05, 3.63) is 76.8 Å². The third-order valence-electron chi connectivity index (χ3n) is 4.35. The normalized spacial score (nSPS) is 11.6. The van der Waals surface area contributed by atoms with Crippen molar-refractivity contribution >= 4 is 27.5 Å². The number of hydrogen-bond donors (Lipinski definition) is 1. The number of ether oxygens (including phenoxy) is 1. The molecule has 0 saturated carbocycles. The van der Waals surface area contributed by atoms with E-state index < -0.39 is 23.6 Å². The number of carbonyl (C=O) groups is 1. The summed E-state index contributed by atoms with van der Waals surface area (Å²) in [6.07, 6.45) is -3.52. The number of halogens is 4. The summed E-state index contributed by atoms with van der Waals surface area (Å²) in [5.74, 6) is -0.922. The van der Waals surface area contributed by atoms with E-state index in [-0.39, 0.29) is 18.1 Å². The molecule has 31 heavy (non-hydrogen) atoms. The molecule has 0 spiro atoms. The maximum atomic E-state index is 13.3. The molecule has 10 heteroatoms. The first-order chi connectivity index (χ1) is 14.7. The van der Waals surface area contributed by atoms with Crippen LogP contribution in [0.25, 0.3) is 21.3 Å². The first-order valence-corrected chi connectivity index (χ1v) is 9.67. The van der Waals surface area contributed by atoms with Crippen LogP contribution in [-0.2, 0) is 12.8 Å². The second-order valence-corrected chi connectivity index (χ2v) is 7.66. The molecule has 158 valence electrons. The smallest absolute Gasteiger partial charge is 0.433 e. The molecule has 0 atom stereocenters. The third-order valence-corrected chi connectivity index (χ3v) is 5.48. The summed E-state index contributed by atoms with van der Waals surface area (Å²) in [6.45, 7) is 0.0584. The van der Waals surface area contributed by atoms with Crippen molar-refractivity contribution in [2.75, 3.05) is 0 Å². The van der Waals surface area contributed by atoms with Crippen LogP contribution in [0.1, 0.15) is 21.1 Å². The number of nitrogens with zero attached hydrogens (tertiary/aromatic N) is 2. The average Bonchev–Trinajstić information content (AvgIpc) is 3.15. The van der Waals surface area contributed by atoms with E-state index in [1.165, 1.54) is 29.5 Å². The van der Waals surface area contributed by atoms with Crippen LogP contribution in [0.5, 0.6) is 5.75 Å². The highest BCUT2D eigenvalue weighted by atomic mass is 32.1. The maximum absolute atomic E-state index is 13.3. The predicted octanol–water partition coefficient (Wildman–Crippen LogP) is 5.19. The molecule has 0 aliphatic carbocycles. The second kappa shape index (κ2) is 7.95. The molecule has 1 aromatic carbocycles. The number of primary amides is 1. The van der Waals surface area contributed by atoms with Crippen LogP contribution in [0.2, 0.25) is 0 Å². The Bertz CT molecular complexity index is 1250. The van der Waals surface area contributed by atoms with E-state index in [1.54, 1.807) is 24.3 Å². The van der Waals surface area contributed by atoms with Gasteiger partial charge in [0, 0.05) is 10.4 Å². The van der Waals surface area contributed by atoms with Gasteiger partial charge in [-0.3, -0.25) is 4.79 Å². The van der Waals surface area contributed by atoms with Crippen molar-refractivity contribution in [3.63, 3.8) is 0 Å². The number of thiophene rings is 1. The first kappa shape index (κ1) is 20.7. The van der Waals surface area contributed by atoms with Crippen molar-refractivity contribution in [3.8, 4) is 16.9 Å². The summed E-state index contributed by atoms with van der Waals surface area (Å²) >= 11 is 1.34. The number of amides is 1. The number of aromatic nitrogens is 2. The largest absolute Gasteiger partial charge is 0.486 e. The molecule has 0 saturated heterocycles. The van der Waals surface area contributed by atoms with Crippen LogP contribution in [0, 0.1) is 5.82 Å². The molecule has 3 aromatic heterocycles. The zero-order chi connectivity index (χ0) is 22.2. The van der Waals surface area contributed by atoms with Crippen molar-refractivity contribution in [1.29, 1.82) is 0 Å². The fraction of sp³-hybridized carbons (Fsp3) is 0.0952. The van der Waals surface area contributed by atoms with E-state index in [0.29, 0.717) is 21.5 Å². The Morgan fingerprint density at radius 3 is 2.45 bits per heavy atom. The molecular formula is C21H13F4N3O2S. The Balaban J connectivity index is 1.64. The van der Waals surface area contributed by atoms with Crippen LogP contribution in [0.3, 0.4) is 0 Å². The molecule has 5 nitrogen and oxygen atoms in total. The van der Waals surface area contributed by atoms with E-state index >= 15 is 0 Å². The average molecular weight is 447 g/mol. The minimum Gasteiger partial charge on any atom is -0.486 e. The van der Waals surface area contributed by atoms with E-state index in [2.05, 4.69) is 9.97 Å². The number of carbonyl (C=O) groups excluding carboxylic acids is 1. The standard InChI is InChI=1S/C21H13F4N3O2S/c22-12-3-1-11(2-4-12)15-8-17(20(26)29)28-16-7-14(31-19(15)16)10-30-13-5-6-18(27-9-13)21(23,24)25/h1-9H,10H2,(H2,26,29). The summed E-state index contributed by atoms with van der Waals surface area (Å²) in [7, 11) is 0. The van der Waals surface area contributed by atoms with Gasteiger partial charge < -0.3 is 10.5 Å². The highest BCUT2D eigenvalue weighted by molar-refractivity contribution is 7.19. The molecule has 0 radical (unpaired) electrons. The number of fused-ring (bicyclic) bond motifs is 1. The molecule has 0 bridgehead atoms. The lowest BCUT2D eigenvalue weighted by molar-refractivity contribution is -0.141. The third kappa shape index (κ3) is 4.48. The van der Waals surface area contributed by atoms with Gasteiger partial charge in [0.25, 0.3) is 5.91 Å². The van der Waals surface area contributed by atoms with Crippen molar-refractivity contribution in [2.45, 2.75) is 12.8 Å². The topological polar surface area (TPSA) is 78.1 Å². The van der Waals surface area contributed by atoms with E-state index in [1.807, 2.05) is 0 Å². The highest BCUT2D eigenvalue weighted by Crippen LogP contribution is 2.35. The Hall–Kier alpha value is -3.53. The lowest BCUT2D eigenvalue weighted by atomic mass is 10.0. The Morgan fingerprint density at radius 1 is 1.10 bits per heavy atom. The van der Waals surface area contributed by atoms with Crippen molar-refractivity contribution in [1.82, 2.24) is 9.97 Å². The summed E-state index contributed by atoms with van der Waals surface area (Å²) in [6, 6.07) is 11.1. The van der Waals surface area contributed by atoms with Crippen molar-refractivity contribution < 1.29 is 27.1 Å². The molecule has 0 aliphatic rings. The van der Waals surface area contributed by atoms with Crippen LogP contribution in [0.4, 0.5) is 17.6 Å². The summed E-state index contributed by atoms with van der Waals surface area (Å²) in [4.78, 5) is 20.0. The Labute approximate surface area is 177 Å². The molecule has 0 fully saturated rings. The monoisotopic (exact) mass is 447 g/mol. The van der Waals surface area contributed by atoms with Crippen LogP contribution >= 0.6 is 11.3 Å². The number of hydrogen-bond acceptors (Lipinski definition) is 5. The van der Waals surface area contributed by atoms with Gasteiger partial charge in [0.15, 0.2) is 0 Å². The number of alkyl halides is 3. The summed E-state index contributed by atoms with van der Waals surface area (Å²) in [5, 5.41) is 0.